The molecule has 6 heteroatoms. The van der Waals surface area contributed by atoms with Gasteiger partial charge in [0.2, 0.25) is 0 Å². The van der Waals surface area contributed by atoms with E-state index in [2.05, 4.69) is 29.6 Å². The molecule has 0 saturated heterocycles. The number of nitrogens with one attached hydrogen (secondary N) is 1. The van der Waals surface area contributed by atoms with Crippen LogP contribution in [0.5, 0.6) is 11.5 Å². The Bertz CT molecular complexity index is 699. The van der Waals surface area contributed by atoms with E-state index in [1.165, 1.54) is 11.8 Å². The molecule has 2 amide bonds. The molecule has 2 aromatic carbocycles. The van der Waals surface area contributed by atoms with Crippen LogP contribution in [0.4, 0.5) is 4.79 Å². The second-order valence-electron chi connectivity index (χ2n) is 5.32. The van der Waals surface area contributed by atoms with Crippen LogP contribution in [0, 0.1) is 0 Å². The molecule has 0 heterocycles. The van der Waals surface area contributed by atoms with Crippen molar-refractivity contribution in [2.75, 3.05) is 13.2 Å². The first-order valence-corrected chi connectivity index (χ1v) is 8.21. The maximum Gasteiger partial charge on any atom is 0.332 e. The molecule has 6 nitrogen and oxygen atoms in total. The highest BCUT2D eigenvalue weighted by molar-refractivity contribution is 5.84. The first kappa shape index (κ1) is 18.3. The molecule has 0 unspecified atom stereocenters. The number of rotatable bonds is 9. The van der Waals surface area contributed by atoms with Crippen molar-refractivity contribution in [2.24, 2.45) is 10.8 Å². The molecule has 3 N–H and O–H groups in total. The number of carbonyl (C=O) groups is 1. The summed E-state index contributed by atoms with van der Waals surface area (Å²) in [5, 5.41) is 3.75. The predicted molar refractivity (Wildman–Crippen MR) is 98.2 cm³/mol. The molecule has 0 spiro atoms. The normalized spacial score (nSPS) is 10.6. The topological polar surface area (TPSA) is 85.9 Å². The zero-order chi connectivity index (χ0) is 17.9. The third-order valence-electron chi connectivity index (χ3n) is 3.44. The van der Waals surface area contributed by atoms with E-state index >= 15 is 0 Å². The van der Waals surface area contributed by atoms with Crippen molar-refractivity contribution >= 4 is 12.2 Å². The van der Waals surface area contributed by atoms with Gasteiger partial charge in [0.15, 0.2) is 0 Å². The first-order valence-electron chi connectivity index (χ1n) is 8.21. The minimum Gasteiger partial charge on any atom is -0.493 e. The molecule has 132 valence electrons. The number of ether oxygens (including phenoxy) is 2. The largest absolute Gasteiger partial charge is 0.493 e. The molecule has 2 rings (SSSR count). The third kappa shape index (κ3) is 6.55. The lowest BCUT2D eigenvalue weighted by atomic mass is 10.2. The number of nitrogens with zero attached hydrogens (tertiary/aromatic N) is 1. The van der Waals surface area contributed by atoms with Crippen LogP contribution in [0.15, 0.2) is 53.6 Å². The van der Waals surface area contributed by atoms with Gasteiger partial charge in [-0.15, -0.1) is 0 Å². The van der Waals surface area contributed by atoms with Gasteiger partial charge in [-0.1, -0.05) is 31.2 Å². The summed E-state index contributed by atoms with van der Waals surface area (Å²) in [5.41, 5.74) is 9.17. The summed E-state index contributed by atoms with van der Waals surface area (Å²) in [6.07, 6.45) is 3.26. The van der Waals surface area contributed by atoms with Crippen LogP contribution in [0.3, 0.4) is 0 Å². The number of para-hydroxylation sites is 1. The minimum absolute atomic E-state index is 0.515. The fraction of sp³-hybridized carbons (Fsp3) is 0.263. The van der Waals surface area contributed by atoms with Gasteiger partial charge >= 0.3 is 6.03 Å². The van der Waals surface area contributed by atoms with Gasteiger partial charge in [-0.05, 0) is 36.2 Å². The Hall–Kier alpha value is -3.02. The number of nitrogens with two attached hydrogens (primary N) is 1. The van der Waals surface area contributed by atoms with E-state index in [9.17, 15) is 4.79 Å². The standard InChI is InChI=1S/C19H23N3O3/c1-2-15-8-10-17(11-9-15)24-12-5-13-25-18-7-4-3-6-16(18)14-21-22-19(20)23/h3-4,6-11,14H,2,5,12-13H2,1H3,(H3,20,22,23)/b21-14+. The molecule has 0 aromatic heterocycles. The summed E-state index contributed by atoms with van der Waals surface area (Å²) in [6, 6.07) is 14.8. The van der Waals surface area contributed by atoms with Crippen molar-refractivity contribution in [3.8, 4) is 11.5 Å². The van der Waals surface area contributed by atoms with E-state index in [-0.39, 0.29) is 0 Å². The summed E-state index contributed by atoms with van der Waals surface area (Å²) in [4.78, 5) is 10.6. The number of carbonyl (C=O) groups excluding carboxylic acids is 1. The molecule has 0 aliphatic carbocycles. The van der Waals surface area contributed by atoms with Crippen LogP contribution in [-0.4, -0.2) is 25.5 Å². The molecule has 25 heavy (non-hydrogen) atoms. The summed E-state index contributed by atoms with van der Waals surface area (Å²) in [7, 11) is 0. The van der Waals surface area contributed by atoms with Crippen molar-refractivity contribution in [1.82, 2.24) is 5.43 Å². The van der Waals surface area contributed by atoms with E-state index in [1.807, 2.05) is 36.4 Å². The Morgan fingerprint density at radius 2 is 1.84 bits per heavy atom. The summed E-state index contributed by atoms with van der Waals surface area (Å²) in [5.74, 6) is 1.55. The molecule has 0 saturated carbocycles. The fourth-order valence-corrected chi connectivity index (χ4v) is 2.14. The summed E-state index contributed by atoms with van der Waals surface area (Å²) in [6.45, 7) is 3.21. The van der Waals surface area contributed by atoms with E-state index in [4.69, 9.17) is 15.2 Å². The second kappa shape index (κ2) is 9.97. The molecule has 0 atom stereocenters. The van der Waals surface area contributed by atoms with Crippen LogP contribution in [-0.2, 0) is 6.42 Å². The van der Waals surface area contributed by atoms with Gasteiger partial charge in [0.1, 0.15) is 11.5 Å². The second-order valence-corrected chi connectivity index (χ2v) is 5.32. The molecule has 0 aliphatic rings. The number of benzene rings is 2. The zero-order valence-corrected chi connectivity index (χ0v) is 14.3. The third-order valence-corrected chi connectivity index (χ3v) is 3.44. The number of hydrogen-bond acceptors (Lipinski definition) is 4. The van der Waals surface area contributed by atoms with E-state index in [0.29, 0.717) is 19.0 Å². The molecule has 0 aliphatic heterocycles. The van der Waals surface area contributed by atoms with Gasteiger partial charge in [0.25, 0.3) is 0 Å². The van der Waals surface area contributed by atoms with Crippen molar-refractivity contribution in [1.29, 1.82) is 0 Å². The molecule has 2 aromatic rings. The Morgan fingerprint density at radius 3 is 2.56 bits per heavy atom. The van der Waals surface area contributed by atoms with Crippen molar-refractivity contribution < 1.29 is 14.3 Å². The van der Waals surface area contributed by atoms with E-state index in [0.717, 1.165) is 24.2 Å². The Labute approximate surface area is 147 Å². The van der Waals surface area contributed by atoms with E-state index < -0.39 is 6.03 Å². The quantitative estimate of drug-likeness (QED) is 0.417. The number of urea groups is 1. The SMILES string of the molecule is CCc1ccc(OCCCOc2ccccc2/C=N/NC(N)=O)cc1. The average Bonchev–Trinajstić information content (AvgIpc) is 2.63. The number of amides is 2. The number of hydrazone groups is 1. The van der Waals surface area contributed by atoms with Crippen molar-refractivity contribution in [3.05, 3.63) is 59.7 Å². The number of hydrogen-bond donors (Lipinski definition) is 2. The Morgan fingerprint density at radius 1 is 1.12 bits per heavy atom. The highest BCUT2D eigenvalue weighted by atomic mass is 16.5. The molecular weight excluding hydrogens is 318 g/mol. The number of primary amides is 1. The lowest BCUT2D eigenvalue weighted by Crippen LogP contribution is -2.24. The minimum atomic E-state index is -0.709. The monoisotopic (exact) mass is 341 g/mol. The van der Waals surface area contributed by atoms with Crippen LogP contribution in [0.2, 0.25) is 0 Å². The van der Waals surface area contributed by atoms with E-state index in [1.54, 1.807) is 0 Å². The van der Waals surface area contributed by atoms with Gasteiger partial charge < -0.3 is 15.2 Å². The van der Waals surface area contributed by atoms with Crippen LogP contribution < -0.4 is 20.6 Å². The van der Waals surface area contributed by atoms with Crippen LogP contribution in [0.25, 0.3) is 0 Å². The summed E-state index contributed by atoms with van der Waals surface area (Å²) < 4.78 is 11.5. The van der Waals surface area contributed by atoms with Gasteiger partial charge in [-0.25, -0.2) is 10.2 Å². The molecule has 0 bridgehead atoms. The van der Waals surface area contributed by atoms with Gasteiger partial charge in [0.05, 0.1) is 19.4 Å². The average molecular weight is 341 g/mol. The van der Waals surface area contributed by atoms with Gasteiger partial charge in [-0.2, -0.15) is 5.10 Å². The van der Waals surface area contributed by atoms with Crippen LogP contribution >= 0.6 is 0 Å². The van der Waals surface area contributed by atoms with Gasteiger partial charge in [0, 0.05) is 12.0 Å². The predicted octanol–water partition coefficient (Wildman–Crippen LogP) is 3.10. The molecule has 0 radical (unpaired) electrons. The maximum absolute atomic E-state index is 10.6. The lowest BCUT2D eigenvalue weighted by Gasteiger charge is -2.10. The fourth-order valence-electron chi connectivity index (χ4n) is 2.14. The highest BCUT2D eigenvalue weighted by Gasteiger charge is 2.01. The van der Waals surface area contributed by atoms with Crippen LogP contribution in [0.1, 0.15) is 24.5 Å². The highest BCUT2D eigenvalue weighted by Crippen LogP contribution is 2.16. The smallest absolute Gasteiger partial charge is 0.332 e. The Kier molecular flexibility index (Phi) is 7.31. The van der Waals surface area contributed by atoms with Crippen molar-refractivity contribution in [3.63, 3.8) is 0 Å². The summed E-state index contributed by atoms with van der Waals surface area (Å²) >= 11 is 0. The Balaban J connectivity index is 1.75. The number of aryl methyl sites for hydroxylation is 1. The lowest BCUT2D eigenvalue weighted by molar-refractivity contribution is 0.247. The van der Waals surface area contributed by atoms with Gasteiger partial charge in [-0.3, -0.25) is 0 Å². The zero-order valence-electron chi connectivity index (χ0n) is 14.3. The molecular formula is C19H23N3O3. The van der Waals surface area contributed by atoms with Crippen molar-refractivity contribution in [2.45, 2.75) is 19.8 Å². The maximum atomic E-state index is 10.6. The first-order chi connectivity index (χ1) is 12.2. The molecule has 0 fully saturated rings.